The lowest BCUT2D eigenvalue weighted by atomic mass is 9.88. The molecule has 0 fully saturated rings. The van der Waals surface area contributed by atoms with Gasteiger partial charge in [-0.3, -0.25) is 5.32 Å². The van der Waals surface area contributed by atoms with Gasteiger partial charge >= 0.3 is 13.2 Å². The molecule has 1 aromatic heterocycles. The Kier molecular flexibility index (Phi) is 3.90. The number of nitrogens with one attached hydrogen (secondary N) is 1. The molecule has 0 aliphatic heterocycles. The largest absolute Gasteiger partial charge is 0.509 e. The number of ether oxygens (including phenoxy) is 1. The minimum atomic E-state index is -1.63. The van der Waals surface area contributed by atoms with Crippen LogP contribution < -0.4 is 10.9 Å². The summed E-state index contributed by atoms with van der Waals surface area (Å²) in [6, 6.07) is 0. The topological polar surface area (TPSA) is 91.7 Å². The third kappa shape index (κ3) is 4.17. The van der Waals surface area contributed by atoms with Crippen molar-refractivity contribution in [2.45, 2.75) is 26.4 Å². The molecule has 0 spiro atoms. The van der Waals surface area contributed by atoms with Gasteiger partial charge in [-0.15, -0.1) is 11.3 Å². The Morgan fingerprint density at radius 3 is 2.62 bits per heavy atom. The van der Waals surface area contributed by atoms with Gasteiger partial charge in [-0.2, -0.15) is 0 Å². The first-order valence-corrected chi connectivity index (χ1v) is 5.47. The van der Waals surface area contributed by atoms with Crippen molar-refractivity contribution in [3.63, 3.8) is 0 Å². The maximum atomic E-state index is 11.3. The molecule has 88 valence electrons. The molecule has 0 aliphatic carbocycles. The van der Waals surface area contributed by atoms with Crippen LogP contribution in [-0.2, 0) is 4.74 Å². The Morgan fingerprint density at radius 1 is 1.56 bits per heavy atom. The summed E-state index contributed by atoms with van der Waals surface area (Å²) in [6.07, 6.45) is -0.624. The van der Waals surface area contributed by atoms with Crippen LogP contribution >= 0.6 is 11.3 Å². The van der Waals surface area contributed by atoms with Crippen LogP contribution in [0.5, 0.6) is 0 Å². The predicted octanol–water partition coefficient (Wildman–Crippen LogP) is 0.170. The van der Waals surface area contributed by atoms with Crippen LogP contribution in [0.15, 0.2) is 5.38 Å². The fourth-order valence-electron chi connectivity index (χ4n) is 0.853. The monoisotopic (exact) mass is 244 g/mol. The molecular weight excluding hydrogens is 231 g/mol. The zero-order chi connectivity index (χ0) is 12.3. The van der Waals surface area contributed by atoms with E-state index in [-0.39, 0.29) is 10.7 Å². The zero-order valence-electron chi connectivity index (χ0n) is 9.22. The zero-order valence-corrected chi connectivity index (χ0v) is 10.0. The maximum Gasteiger partial charge on any atom is 0.509 e. The fraction of sp³-hybridized carbons (Fsp3) is 0.500. The summed E-state index contributed by atoms with van der Waals surface area (Å²) in [5, 5.41) is 21.7. The maximum absolute atomic E-state index is 11.3. The second-order valence-electron chi connectivity index (χ2n) is 4.08. The molecule has 0 radical (unpaired) electrons. The quantitative estimate of drug-likeness (QED) is 0.645. The van der Waals surface area contributed by atoms with Crippen LogP contribution in [0.1, 0.15) is 20.8 Å². The Morgan fingerprint density at radius 2 is 2.19 bits per heavy atom. The third-order valence-corrected chi connectivity index (χ3v) is 2.17. The van der Waals surface area contributed by atoms with E-state index in [1.165, 1.54) is 5.38 Å². The van der Waals surface area contributed by atoms with Gasteiger partial charge in [0.25, 0.3) is 0 Å². The molecule has 1 amide bonds. The summed E-state index contributed by atoms with van der Waals surface area (Å²) in [4.78, 5) is 15.1. The molecule has 0 unspecified atom stereocenters. The van der Waals surface area contributed by atoms with Gasteiger partial charge in [0, 0.05) is 5.38 Å². The average molecular weight is 244 g/mol. The van der Waals surface area contributed by atoms with E-state index < -0.39 is 18.8 Å². The van der Waals surface area contributed by atoms with Gasteiger partial charge in [-0.25, -0.2) is 9.78 Å². The lowest BCUT2D eigenvalue weighted by Crippen LogP contribution is -2.31. The van der Waals surface area contributed by atoms with Crippen molar-refractivity contribution in [1.29, 1.82) is 0 Å². The molecule has 0 bridgehead atoms. The van der Waals surface area contributed by atoms with Crippen molar-refractivity contribution < 1.29 is 19.6 Å². The smallest absolute Gasteiger partial charge is 0.444 e. The van der Waals surface area contributed by atoms with E-state index in [1.807, 2.05) is 0 Å². The van der Waals surface area contributed by atoms with Gasteiger partial charge in [0.15, 0.2) is 5.13 Å². The summed E-state index contributed by atoms with van der Waals surface area (Å²) < 4.78 is 5.00. The SMILES string of the molecule is CC(C)(C)OC(=O)Nc1nc(B(O)O)cs1. The molecule has 0 atom stereocenters. The first-order chi connectivity index (χ1) is 7.28. The van der Waals surface area contributed by atoms with Crippen molar-refractivity contribution in [3.05, 3.63) is 5.38 Å². The van der Waals surface area contributed by atoms with Crippen LogP contribution in [0.3, 0.4) is 0 Å². The summed E-state index contributed by atoms with van der Waals surface area (Å²) in [7, 11) is -1.63. The average Bonchev–Trinajstić information content (AvgIpc) is 2.48. The van der Waals surface area contributed by atoms with Crippen molar-refractivity contribution in [2.75, 3.05) is 5.32 Å². The molecule has 3 N–H and O–H groups in total. The van der Waals surface area contributed by atoms with Crippen LogP contribution in [0.2, 0.25) is 0 Å². The molecule has 16 heavy (non-hydrogen) atoms. The van der Waals surface area contributed by atoms with Gasteiger partial charge in [-0.1, -0.05) is 0 Å². The molecule has 6 nitrogen and oxygen atoms in total. The molecule has 0 aromatic carbocycles. The first-order valence-electron chi connectivity index (χ1n) is 4.59. The second-order valence-corrected chi connectivity index (χ2v) is 4.94. The van der Waals surface area contributed by atoms with E-state index in [9.17, 15) is 4.79 Å². The minimum absolute atomic E-state index is 0.0936. The highest BCUT2D eigenvalue weighted by atomic mass is 32.1. The Labute approximate surface area is 97.4 Å². The summed E-state index contributed by atoms with van der Waals surface area (Å²) in [5.74, 6) is 0. The van der Waals surface area contributed by atoms with Crippen molar-refractivity contribution in [3.8, 4) is 0 Å². The number of carbonyl (C=O) groups excluding carboxylic acids is 1. The first kappa shape index (κ1) is 13.0. The van der Waals surface area contributed by atoms with E-state index in [0.717, 1.165) is 11.3 Å². The Hall–Kier alpha value is -1.12. The molecular formula is C8H13BN2O4S. The normalized spacial score (nSPS) is 11.1. The van der Waals surface area contributed by atoms with E-state index >= 15 is 0 Å². The highest BCUT2D eigenvalue weighted by Gasteiger charge is 2.19. The van der Waals surface area contributed by atoms with E-state index in [4.69, 9.17) is 14.8 Å². The van der Waals surface area contributed by atoms with E-state index in [0.29, 0.717) is 0 Å². The number of hydrogen-bond acceptors (Lipinski definition) is 6. The van der Waals surface area contributed by atoms with Crippen molar-refractivity contribution in [2.24, 2.45) is 0 Å². The number of carbonyl (C=O) groups is 1. The summed E-state index contributed by atoms with van der Waals surface area (Å²) >= 11 is 1.09. The van der Waals surface area contributed by atoms with Gasteiger partial charge < -0.3 is 14.8 Å². The number of aromatic nitrogens is 1. The van der Waals surface area contributed by atoms with Crippen LogP contribution in [-0.4, -0.2) is 33.8 Å². The number of amides is 1. The fourth-order valence-corrected chi connectivity index (χ4v) is 1.56. The second kappa shape index (κ2) is 4.81. The summed E-state index contributed by atoms with van der Waals surface area (Å²) in [6.45, 7) is 5.24. The van der Waals surface area contributed by atoms with E-state index in [1.54, 1.807) is 20.8 Å². The molecule has 0 aliphatic rings. The molecule has 1 heterocycles. The molecule has 0 saturated heterocycles. The standard InChI is InChI=1S/C8H13BN2O4S/c1-8(2,3)15-7(12)11-6-10-5(4-16-6)9(13)14/h4,13-14H,1-3H3,(H,10,11,12). The number of hydrogen-bond donors (Lipinski definition) is 3. The highest BCUT2D eigenvalue weighted by Crippen LogP contribution is 2.13. The molecule has 8 heteroatoms. The Bertz CT molecular complexity index is 374. The minimum Gasteiger partial charge on any atom is -0.444 e. The predicted molar refractivity (Wildman–Crippen MR) is 61.8 cm³/mol. The van der Waals surface area contributed by atoms with Crippen LogP contribution in [0.4, 0.5) is 9.93 Å². The highest BCUT2D eigenvalue weighted by molar-refractivity contribution is 7.14. The Balaban J connectivity index is 2.57. The lowest BCUT2D eigenvalue weighted by molar-refractivity contribution is 0.0636. The molecule has 1 aromatic rings. The molecule has 1 rings (SSSR count). The number of rotatable bonds is 2. The number of thiazole rings is 1. The third-order valence-electron chi connectivity index (χ3n) is 1.39. The van der Waals surface area contributed by atoms with Gasteiger partial charge in [0.2, 0.25) is 0 Å². The van der Waals surface area contributed by atoms with Gasteiger partial charge in [0.1, 0.15) is 5.60 Å². The number of anilines is 1. The van der Waals surface area contributed by atoms with Crippen LogP contribution in [0.25, 0.3) is 0 Å². The lowest BCUT2D eigenvalue weighted by Gasteiger charge is -2.18. The van der Waals surface area contributed by atoms with Gasteiger partial charge in [-0.05, 0) is 20.8 Å². The molecule has 0 saturated carbocycles. The van der Waals surface area contributed by atoms with Gasteiger partial charge in [0.05, 0.1) is 5.59 Å². The van der Waals surface area contributed by atoms with Crippen molar-refractivity contribution >= 4 is 35.3 Å². The number of nitrogens with zero attached hydrogens (tertiary/aromatic N) is 1. The van der Waals surface area contributed by atoms with E-state index in [2.05, 4.69) is 10.3 Å². The summed E-state index contributed by atoms with van der Waals surface area (Å²) in [5.41, 5.74) is -0.489. The van der Waals surface area contributed by atoms with Crippen molar-refractivity contribution in [1.82, 2.24) is 4.98 Å². The van der Waals surface area contributed by atoms with Crippen LogP contribution in [0, 0.1) is 0 Å².